The van der Waals surface area contributed by atoms with Crippen LogP contribution in [0.2, 0.25) is 0 Å². The number of thioether (sulfide) groups is 1. The predicted molar refractivity (Wildman–Crippen MR) is 220 cm³/mol. The Bertz CT molecular complexity index is 1880. The number of primary amides is 2. The van der Waals surface area contributed by atoms with E-state index in [0.717, 1.165) is 21.6 Å². The molecule has 27 heteroatoms. The van der Waals surface area contributed by atoms with Crippen LogP contribution in [0.3, 0.4) is 0 Å². The summed E-state index contributed by atoms with van der Waals surface area (Å²) in [6.07, 6.45) is -2.79. The number of aliphatic imine (C=N–C) groups is 1. The molecule has 0 aromatic carbocycles. The number of guanidine groups is 1. The third kappa shape index (κ3) is 14.3. The number of nitrogens with two attached hydrogens (primary N) is 4. The molecule has 5 unspecified atom stereocenters. The van der Waals surface area contributed by atoms with Gasteiger partial charge in [0.2, 0.25) is 53.4 Å². The number of carboxylic acids is 1. The lowest BCUT2D eigenvalue weighted by atomic mass is 9.94. The minimum absolute atomic E-state index is 0.00580. The van der Waals surface area contributed by atoms with Gasteiger partial charge in [0, 0.05) is 38.1 Å². The zero-order valence-corrected chi connectivity index (χ0v) is 36.2. The molecule has 2 heterocycles. The fraction of sp³-hybridized carbons (Fsp3) is 0.611. The number of carbonyl (C=O) groups excluding carboxylic acids is 10. The minimum Gasteiger partial charge on any atom is -0.477 e. The van der Waals surface area contributed by atoms with E-state index in [2.05, 4.69) is 31.6 Å². The number of ether oxygens (including phenoxy) is 1. The highest BCUT2D eigenvalue weighted by atomic mass is 32.2. The van der Waals surface area contributed by atoms with Crippen molar-refractivity contribution in [3.8, 4) is 0 Å². The van der Waals surface area contributed by atoms with Crippen molar-refractivity contribution in [2.45, 2.75) is 120 Å². The maximum absolute atomic E-state index is 13.9. The lowest BCUT2D eigenvalue weighted by Crippen LogP contribution is -2.85. The molecule has 0 spiro atoms. The van der Waals surface area contributed by atoms with Crippen molar-refractivity contribution >= 4 is 83.3 Å². The normalized spacial score (nSPS) is 19.4. The fourth-order valence-electron chi connectivity index (χ4n) is 6.72. The van der Waals surface area contributed by atoms with E-state index < -0.39 is 125 Å². The number of hydrogen-bond acceptors (Lipinski definition) is 15. The standard InChI is InChI=1S/C36H56N12O14S/c1-16(43-19(4)50)30(57)44-17(2)31(58)47(18(3)28(37)55)23(9-7-11-41-35(39)40)24(52)12-26(54)62-13-21-14-63-34-36(42-15-49,33(61)48(34)27(21)32(59)60)46-25(53)10-6-8-22(29(38)56)45-20(5)51/h15-18,22-24,34,52H,6-14H2,1-5H3,(H2,37,55)(H2,38,56)(H,42,49)(H,43,50)(H,44,57)(H,45,51)(H,46,53)(H,59,60)(H4,39,40,41)/t16-,17-,18-,22?,23?,24?,34?,36?/m0/s1. The summed E-state index contributed by atoms with van der Waals surface area (Å²) in [5.74, 6) is -9.54. The molecule has 0 aromatic heterocycles. The van der Waals surface area contributed by atoms with E-state index in [-0.39, 0.29) is 62.3 Å². The molecule has 2 aliphatic rings. The van der Waals surface area contributed by atoms with Crippen LogP contribution in [0.1, 0.15) is 73.1 Å². The van der Waals surface area contributed by atoms with E-state index in [4.69, 9.17) is 27.7 Å². The Morgan fingerprint density at radius 2 is 1.59 bits per heavy atom. The van der Waals surface area contributed by atoms with Crippen LogP contribution in [0.5, 0.6) is 0 Å². The molecule has 2 aliphatic heterocycles. The van der Waals surface area contributed by atoms with Gasteiger partial charge in [0.15, 0.2) is 5.96 Å². The molecule has 0 aliphatic carbocycles. The topological polar surface area (TPSA) is 421 Å². The molecule has 0 saturated carbocycles. The molecule has 9 amide bonds. The van der Waals surface area contributed by atoms with Crippen molar-refractivity contribution in [3.05, 3.63) is 11.3 Å². The van der Waals surface area contributed by atoms with Gasteiger partial charge in [-0.15, -0.1) is 11.8 Å². The first kappa shape index (κ1) is 52.6. The number of rotatable bonds is 26. The Morgan fingerprint density at radius 1 is 0.952 bits per heavy atom. The van der Waals surface area contributed by atoms with Gasteiger partial charge in [-0.3, -0.25) is 57.8 Å². The Kier molecular flexibility index (Phi) is 19.7. The number of esters is 1. The Labute approximate surface area is 365 Å². The maximum Gasteiger partial charge on any atom is 0.352 e. The first-order valence-electron chi connectivity index (χ1n) is 19.5. The number of aliphatic carboxylic acids is 1. The number of aliphatic hydroxyl groups excluding tert-OH is 1. The molecule has 1 fully saturated rings. The van der Waals surface area contributed by atoms with Crippen LogP contribution in [-0.4, -0.2) is 158 Å². The second-order valence-electron chi connectivity index (χ2n) is 14.7. The van der Waals surface area contributed by atoms with Gasteiger partial charge in [0.1, 0.15) is 41.8 Å². The Morgan fingerprint density at radius 3 is 2.13 bits per heavy atom. The molecule has 8 atom stereocenters. The molecule has 0 aromatic rings. The third-order valence-electron chi connectivity index (χ3n) is 9.76. The fourth-order valence-corrected chi connectivity index (χ4v) is 8.13. The zero-order valence-electron chi connectivity index (χ0n) is 35.3. The van der Waals surface area contributed by atoms with Crippen molar-refractivity contribution in [1.82, 2.24) is 36.4 Å². The van der Waals surface area contributed by atoms with Crippen LogP contribution < -0.4 is 49.5 Å². The number of amides is 9. The lowest BCUT2D eigenvalue weighted by molar-refractivity contribution is -0.162. The molecular weight excluding hydrogens is 857 g/mol. The summed E-state index contributed by atoms with van der Waals surface area (Å²) in [6.45, 7) is 5.55. The summed E-state index contributed by atoms with van der Waals surface area (Å²) in [5.41, 5.74) is 18.9. The van der Waals surface area contributed by atoms with Crippen molar-refractivity contribution in [2.75, 3.05) is 18.9 Å². The van der Waals surface area contributed by atoms with E-state index in [1.165, 1.54) is 34.6 Å². The molecule has 15 N–H and O–H groups in total. The van der Waals surface area contributed by atoms with Gasteiger partial charge in [-0.2, -0.15) is 0 Å². The van der Waals surface area contributed by atoms with Crippen LogP contribution in [0, 0.1) is 0 Å². The summed E-state index contributed by atoms with van der Waals surface area (Å²) in [4.78, 5) is 143. The van der Waals surface area contributed by atoms with Gasteiger partial charge < -0.3 is 69.4 Å². The summed E-state index contributed by atoms with van der Waals surface area (Å²) >= 11 is 0.914. The van der Waals surface area contributed by atoms with Gasteiger partial charge in [-0.25, -0.2) is 4.79 Å². The zero-order chi connectivity index (χ0) is 47.9. The first-order valence-corrected chi connectivity index (χ1v) is 20.5. The maximum atomic E-state index is 13.9. The molecular formula is C36H56N12O14S. The van der Waals surface area contributed by atoms with E-state index in [1.54, 1.807) is 0 Å². The molecule has 63 heavy (non-hydrogen) atoms. The summed E-state index contributed by atoms with van der Waals surface area (Å²) in [5, 5.41) is 32.3. The van der Waals surface area contributed by atoms with Crippen LogP contribution in [0.15, 0.2) is 16.3 Å². The van der Waals surface area contributed by atoms with Gasteiger partial charge in [-0.1, -0.05) is 0 Å². The number of fused-ring (bicyclic) bond motifs is 1. The van der Waals surface area contributed by atoms with E-state index in [0.29, 0.717) is 0 Å². The molecule has 26 nitrogen and oxygen atoms in total. The van der Waals surface area contributed by atoms with Gasteiger partial charge in [0.25, 0.3) is 5.91 Å². The number of β-lactam (4-membered cyclic amide) rings is 1. The third-order valence-corrected chi connectivity index (χ3v) is 11.2. The Hall–Kier alpha value is -6.51. The number of nitrogens with zero attached hydrogens (tertiary/aromatic N) is 3. The van der Waals surface area contributed by atoms with E-state index in [1.807, 2.05) is 0 Å². The minimum atomic E-state index is -2.08. The van der Waals surface area contributed by atoms with Crippen LogP contribution >= 0.6 is 11.8 Å². The van der Waals surface area contributed by atoms with Crippen LogP contribution in [-0.2, 0) is 57.5 Å². The monoisotopic (exact) mass is 912 g/mol. The SMILES string of the molecule is CC(=O)NC(CCCC(=O)NC1(NC=O)C(=O)N2C(C(=O)O)=C(COC(=O)CC(O)C(CCCN=C(N)N)N(C(=O)[C@H](C)NC(=O)[C@H](C)NC(C)=O)[C@@H](C)C(N)=O)CSC21)C(N)=O. The highest BCUT2D eigenvalue weighted by molar-refractivity contribution is 8.00. The summed E-state index contributed by atoms with van der Waals surface area (Å²) in [7, 11) is 0. The average molecular weight is 913 g/mol. The number of aliphatic hydroxyl groups is 1. The highest BCUT2D eigenvalue weighted by Gasteiger charge is 2.66. The van der Waals surface area contributed by atoms with Crippen molar-refractivity contribution < 1.29 is 67.7 Å². The Balaban J connectivity index is 2.30. The van der Waals surface area contributed by atoms with E-state index >= 15 is 0 Å². The number of carbonyl (C=O) groups is 11. The predicted octanol–water partition coefficient (Wildman–Crippen LogP) is -5.59. The molecule has 0 bridgehead atoms. The van der Waals surface area contributed by atoms with Crippen molar-refractivity contribution in [2.24, 2.45) is 27.9 Å². The van der Waals surface area contributed by atoms with Gasteiger partial charge >= 0.3 is 11.9 Å². The summed E-state index contributed by atoms with van der Waals surface area (Å²) < 4.78 is 5.34. The van der Waals surface area contributed by atoms with Crippen LogP contribution in [0.4, 0.5) is 0 Å². The van der Waals surface area contributed by atoms with Gasteiger partial charge in [-0.05, 0) is 46.5 Å². The quantitative estimate of drug-likeness (QED) is 0.00733. The van der Waals surface area contributed by atoms with Crippen LogP contribution in [0.25, 0.3) is 0 Å². The number of nitrogens with one attached hydrogen (secondary N) is 5. The smallest absolute Gasteiger partial charge is 0.352 e. The summed E-state index contributed by atoms with van der Waals surface area (Å²) in [6, 6.07) is -6.24. The molecule has 0 radical (unpaired) electrons. The number of hydrogen-bond donors (Lipinski definition) is 11. The highest BCUT2D eigenvalue weighted by Crippen LogP contribution is 2.45. The average Bonchev–Trinajstić information content (AvgIpc) is 3.18. The number of carboxylic acid groups (broad SMARTS) is 1. The second kappa shape index (κ2) is 23.6. The van der Waals surface area contributed by atoms with Gasteiger partial charge in [0.05, 0.1) is 18.6 Å². The lowest BCUT2D eigenvalue weighted by Gasteiger charge is -2.56. The van der Waals surface area contributed by atoms with Crippen molar-refractivity contribution in [3.63, 3.8) is 0 Å². The van der Waals surface area contributed by atoms with Crippen molar-refractivity contribution in [1.29, 1.82) is 0 Å². The second-order valence-corrected chi connectivity index (χ2v) is 15.8. The first-order chi connectivity index (χ1) is 29.4. The molecule has 1 saturated heterocycles. The largest absolute Gasteiger partial charge is 0.477 e. The molecule has 2 rings (SSSR count). The van der Waals surface area contributed by atoms with E-state index in [9.17, 15) is 63.0 Å². The molecule has 350 valence electrons.